The minimum atomic E-state index is 0.917. The Hall–Kier alpha value is -3.15. The Kier molecular flexibility index (Phi) is 1.87. The summed E-state index contributed by atoms with van der Waals surface area (Å²) in [6, 6.07) is 16.1. The topological polar surface area (TPSA) is 51.9 Å². The van der Waals surface area contributed by atoms with Crippen LogP contribution in [-0.2, 0) is 0 Å². The first-order valence-corrected chi connectivity index (χ1v) is 6.66. The van der Waals surface area contributed by atoms with Crippen molar-refractivity contribution in [1.29, 1.82) is 0 Å². The average Bonchev–Trinajstić information content (AvgIpc) is 3.24. The fraction of sp³-hybridized carbons (Fsp3) is 0. The van der Waals surface area contributed by atoms with Gasteiger partial charge in [-0.1, -0.05) is 30.3 Å². The van der Waals surface area contributed by atoms with Crippen LogP contribution in [0, 0.1) is 0 Å². The highest BCUT2D eigenvalue weighted by Crippen LogP contribution is 2.21. The molecule has 0 saturated carbocycles. The van der Waals surface area contributed by atoms with Gasteiger partial charge < -0.3 is 0 Å². The van der Waals surface area contributed by atoms with Crippen LogP contribution in [0.5, 0.6) is 0 Å². The molecule has 21 heavy (non-hydrogen) atoms. The number of nitrogens with zero attached hydrogens (tertiary/aromatic N) is 6. The van der Waals surface area contributed by atoms with E-state index in [1.54, 1.807) is 12.4 Å². The van der Waals surface area contributed by atoms with Crippen molar-refractivity contribution in [3.05, 3.63) is 60.9 Å². The molecule has 1 aromatic carbocycles. The average molecular weight is 274 g/mol. The minimum absolute atomic E-state index is 0.917. The van der Waals surface area contributed by atoms with Gasteiger partial charge in [-0.15, -0.1) is 0 Å². The van der Waals surface area contributed by atoms with Gasteiger partial charge in [0.15, 0.2) is 16.9 Å². The zero-order valence-electron chi connectivity index (χ0n) is 11.0. The predicted octanol–water partition coefficient (Wildman–Crippen LogP) is 2.30. The quantitative estimate of drug-likeness (QED) is 0.471. The Morgan fingerprint density at radius 1 is 0.667 bits per heavy atom. The van der Waals surface area contributed by atoms with Gasteiger partial charge in [0.05, 0.1) is 18.1 Å². The Balaban J connectivity index is 1.97. The SMILES string of the molecule is c1ccc(-c2cc3n4nccc4n4nccc4n3n2)cc1. The van der Waals surface area contributed by atoms with Gasteiger partial charge in [-0.25, -0.2) is 0 Å². The van der Waals surface area contributed by atoms with Crippen molar-refractivity contribution in [3.63, 3.8) is 0 Å². The molecule has 0 fully saturated rings. The van der Waals surface area contributed by atoms with Crippen molar-refractivity contribution < 1.29 is 0 Å². The molecule has 0 aliphatic heterocycles. The third-order valence-electron chi connectivity index (χ3n) is 3.66. The van der Waals surface area contributed by atoms with Crippen LogP contribution in [0.4, 0.5) is 0 Å². The number of fused-ring (bicyclic) bond motifs is 6. The summed E-state index contributed by atoms with van der Waals surface area (Å²) in [6.07, 6.45) is 3.54. The van der Waals surface area contributed by atoms with E-state index >= 15 is 0 Å². The molecule has 0 unspecified atom stereocenters. The summed E-state index contributed by atoms with van der Waals surface area (Å²) in [4.78, 5) is 0. The van der Waals surface area contributed by atoms with Crippen molar-refractivity contribution in [2.24, 2.45) is 0 Å². The molecular formula is C15H10N6. The minimum Gasteiger partial charge on any atom is -0.197 e. The third kappa shape index (κ3) is 1.33. The largest absolute Gasteiger partial charge is 0.197 e. The zero-order chi connectivity index (χ0) is 13.8. The van der Waals surface area contributed by atoms with Crippen LogP contribution < -0.4 is 0 Å². The van der Waals surface area contributed by atoms with Crippen molar-refractivity contribution in [3.8, 4) is 11.3 Å². The molecule has 0 saturated heterocycles. The summed E-state index contributed by atoms with van der Waals surface area (Å²) in [5, 5.41) is 13.4. The number of aromatic nitrogens is 6. The Morgan fingerprint density at radius 2 is 1.33 bits per heavy atom. The summed E-state index contributed by atoms with van der Waals surface area (Å²) in [7, 11) is 0. The molecule has 6 heteroatoms. The number of benzene rings is 1. The first-order valence-electron chi connectivity index (χ1n) is 6.66. The molecule has 0 bridgehead atoms. The van der Waals surface area contributed by atoms with Crippen molar-refractivity contribution in [1.82, 2.24) is 28.8 Å². The summed E-state index contributed by atoms with van der Waals surface area (Å²) in [5.74, 6) is 0. The first-order chi connectivity index (χ1) is 10.4. The molecule has 0 spiro atoms. The molecule has 5 aromatic rings. The van der Waals surface area contributed by atoms with Gasteiger partial charge in [0.2, 0.25) is 0 Å². The molecule has 0 aliphatic rings. The summed E-state index contributed by atoms with van der Waals surface area (Å²) < 4.78 is 5.55. The van der Waals surface area contributed by atoms with Gasteiger partial charge in [-0.05, 0) is 0 Å². The number of rotatable bonds is 1. The van der Waals surface area contributed by atoms with E-state index < -0.39 is 0 Å². The van der Waals surface area contributed by atoms with Crippen molar-refractivity contribution >= 4 is 16.9 Å². The third-order valence-corrected chi connectivity index (χ3v) is 3.66. The molecule has 0 N–H and O–H groups in total. The summed E-state index contributed by atoms with van der Waals surface area (Å²) in [5.41, 5.74) is 4.75. The van der Waals surface area contributed by atoms with Gasteiger partial charge >= 0.3 is 0 Å². The Bertz CT molecular complexity index is 1020. The van der Waals surface area contributed by atoms with E-state index in [1.165, 1.54) is 0 Å². The second-order valence-corrected chi connectivity index (χ2v) is 4.87. The van der Waals surface area contributed by atoms with E-state index in [0.717, 1.165) is 28.2 Å². The van der Waals surface area contributed by atoms with Gasteiger partial charge in [-0.2, -0.15) is 28.8 Å². The van der Waals surface area contributed by atoms with E-state index in [1.807, 2.05) is 49.9 Å². The Labute approximate surface area is 118 Å². The van der Waals surface area contributed by atoms with Crippen molar-refractivity contribution in [2.45, 2.75) is 0 Å². The van der Waals surface area contributed by atoms with Gasteiger partial charge in [-0.3, -0.25) is 0 Å². The first kappa shape index (κ1) is 10.6. The lowest BCUT2D eigenvalue weighted by molar-refractivity contribution is 0.829. The zero-order valence-corrected chi connectivity index (χ0v) is 11.0. The highest BCUT2D eigenvalue weighted by Gasteiger charge is 2.13. The van der Waals surface area contributed by atoms with E-state index in [4.69, 9.17) is 5.10 Å². The van der Waals surface area contributed by atoms with E-state index in [2.05, 4.69) is 22.3 Å². The molecule has 0 amide bonds. The van der Waals surface area contributed by atoms with Crippen LogP contribution in [0.15, 0.2) is 60.9 Å². The van der Waals surface area contributed by atoms with E-state index in [0.29, 0.717) is 0 Å². The lowest BCUT2D eigenvalue weighted by Crippen LogP contribution is -2.04. The fourth-order valence-corrected chi connectivity index (χ4v) is 2.71. The van der Waals surface area contributed by atoms with E-state index in [9.17, 15) is 0 Å². The number of hydrogen-bond acceptors (Lipinski definition) is 3. The normalized spacial score (nSPS) is 11.8. The highest BCUT2D eigenvalue weighted by atomic mass is 15.4. The maximum Gasteiger partial charge on any atom is 0.162 e. The number of hydrogen-bond donors (Lipinski definition) is 0. The van der Waals surface area contributed by atoms with Crippen LogP contribution in [0.1, 0.15) is 0 Å². The lowest BCUT2D eigenvalue weighted by atomic mass is 10.2. The van der Waals surface area contributed by atoms with Crippen LogP contribution in [0.25, 0.3) is 28.2 Å². The highest BCUT2D eigenvalue weighted by molar-refractivity contribution is 5.68. The Morgan fingerprint density at radius 3 is 2.10 bits per heavy atom. The van der Waals surface area contributed by atoms with Gasteiger partial charge in [0.25, 0.3) is 0 Å². The van der Waals surface area contributed by atoms with Crippen LogP contribution in [0.2, 0.25) is 0 Å². The van der Waals surface area contributed by atoms with Crippen LogP contribution in [-0.4, -0.2) is 28.8 Å². The van der Waals surface area contributed by atoms with E-state index in [-0.39, 0.29) is 0 Å². The fourth-order valence-electron chi connectivity index (χ4n) is 2.71. The van der Waals surface area contributed by atoms with Gasteiger partial charge in [0.1, 0.15) is 0 Å². The smallest absolute Gasteiger partial charge is 0.162 e. The molecule has 0 atom stereocenters. The second-order valence-electron chi connectivity index (χ2n) is 4.87. The molecule has 0 radical (unpaired) electrons. The molecule has 100 valence electrons. The lowest BCUT2D eigenvalue weighted by Gasteiger charge is -2.01. The second kappa shape index (κ2) is 3.69. The standard InChI is InChI=1S/C15H10N6/c1-2-4-11(5-3-1)12-10-15-20-13(6-8-17-20)19-14(7-9-16-19)21(15)18-12/h1-10H. The molecule has 4 aromatic heterocycles. The van der Waals surface area contributed by atoms with Gasteiger partial charge in [0, 0.05) is 23.8 Å². The molecular weight excluding hydrogens is 264 g/mol. The maximum absolute atomic E-state index is 4.71. The molecule has 4 heterocycles. The summed E-state index contributed by atoms with van der Waals surface area (Å²) >= 11 is 0. The molecule has 6 nitrogen and oxygen atoms in total. The summed E-state index contributed by atoms with van der Waals surface area (Å²) in [6.45, 7) is 0. The maximum atomic E-state index is 4.71. The molecule has 0 aliphatic carbocycles. The monoisotopic (exact) mass is 274 g/mol. The van der Waals surface area contributed by atoms with Crippen LogP contribution in [0.3, 0.4) is 0 Å². The van der Waals surface area contributed by atoms with Crippen LogP contribution >= 0.6 is 0 Å². The van der Waals surface area contributed by atoms with Crippen molar-refractivity contribution in [2.75, 3.05) is 0 Å². The molecule has 5 rings (SSSR count). The predicted molar refractivity (Wildman–Crippen MR) is 78.1 cm³/mol.